The molecular weight excluding hydrogens is 255 g/mol. The highest BCUT2D eigenvalue weighted by Gasteiger charge is 2.19. The Hall–Kier alpha value is -0.710. The van der Waals surface area contributed by atoms with Crippen LogP contribution in [0.15, 0.2) is 30.3 Å². The van der Waals surface area contributed by atoms with Crippen LogP contribution in [0.2, 0.25) is 0 Å². The summed E-state index contributed by atoms with van der Waals surface area (Å²) in [6, 6.07) is 9.68. The standard InChI is InChI=1S/C12H19O5P/c1-15-9-12(17-18(2,13)14)10-16-8-11-6-4-3-5-7-11/h3-7,12H,8-10H2,1-2H3,(H,13,14)/t12-/m1/s1. The molecule has 0 aromatic heterocycles. The molecule has 1 aromatic rings. The monoisotopic (exact) mass is 274 g/mol. The Balaban J connectivity index is 2.36. The van der Waals surface area contributed by atoms with Crippen molar-refractivity contribution in [2.45, 2.75) is 12.7 Å². The molecule has 0 bridgehead atoms. The van der Waals surface area contributed by atoms with Crippen molar-refractivity contribution >= 4 is 7.60 Å². The summed E-state index contributed by atoms with van der Waals surface area (Å²) in [6.07, 6.45) is -0.542. The van der Waals surface area contributed by atoms with Crippen LogP contribution in [0.25, 0.3) is 0 Å². The Bertz CT molecular complexity index is 375. The molecule has 0 amide bonds. The number of rotatable bonds is 8. The third-order valence-electron chi connectivity index (χ3n) is 2.11. The van der Waals surface area contributed by atoms with Crippen molar-refractivity contribution in [2.75, 3.05) is 27.0 Å². The molecule has 1 rings (SSSR count). The highest BCUT2D eigenvalue weighted by Crippen LogP contribution is 2.38. The first-order valence-electron chi connectivity index (χ1n) is 5.60. The molecule has 2 atom stereocenters. The molecule has 0 radical (unpaired) electrons. The average Bonchev–Trinajstić information content (AvgIpc) is 2.28. The van der Waals surface area contributed by atoms with E-state index >= 15 is 0 Å². The van der Waals surface area contributed by atoms with Crippen molar-refractivity contribution in [3.05, 3.63) is 35.9 Å². The summed E-state index contributed by atoms with van der Waals surface area (Å²) in [5, 5.41) is 0. The van der Waals surface area contributed by atoms with E-state index in [1.54, 1.807) is 0 Å². The summed E-state index contributed by atoms with van der Waals surface area (Å²) in [5.74, 6) is 0. The van der Waals surface area contributed by atoms with Gasteiger partial charge in [0.05, 0.1) is 19.8 Å². The topological polar surface area (TPSA) is 65.0 Å². The SMILES string of the molecule is COC[C@H](COCc1ccccc1)OP(C)(=O)O. The van der Waals surface area contributed by atoms with E-state index in [4.69, 9.17) is 18.9 Å². The van der Waals surface area contributed by atoms with Crippen molar-refractivity contribution in [2.24, 2.45) is 0 Å². The Labute approximate surface area is 107 Å². The van der Waals surface area contributed by atoms with Gasteiger partial charge in [-0.3, -0.25) is 4.57 Å². The van der Waals surface area contributed by atoms with E-state index in [9.17, 15) is 4.57 Å². The van der Waals surface area contributed by atoms with Gasteiger partial charge >= 0.3 is 7.60 Å². The van der Waals surface area contributed by atoms with Crippen LogP contribution in [0.3, 0.4) is 0 Å². The van der Waals surface area contributed by atoms with E-state index in [1.807, 2.05) is 30.3 Å². The lowest BCUT2D eigenvalue weighted by molar-refractivity contribution is -0.00236. The highest BCUT2D eigenvalue weighted by molar-refractivity contribution is 7.51. The van der Waals surface area contributed by atoms with Gasteiger partial charge in [-0.2, -0.15) is 0 Å². The van der Waals surface area contributed by atoms with E-state index in [-0.39, 0.29) is 13.2 Å². The van der Waals surface area contributed by atoms with Crippen molar-refractivity contribution < 1.29 is 23.5 Å². The highest BCUT2D eigenvalue weighted by atomic mass is 31.2. The van der Waals surface area contributed by atoms with Crippen molar-refractivity contribution in [3.63, 3.8) is 0 Å². The second kappa shape index (κ2) is 7.67. The first-order valence-corrected chi connectivity index (χ1v) is 7.63. The maximum atomic E-state index is 11.2. The summed E-state index contributed by atoms with van der Waals surface area (Å²) >= 11 is 0. The molecule has 0 fully saturated rings. The number of hydrogen-bond acceptors (Lipinski definition) is 4. The van der Waals surface area contributed by atoms with E-state index in [0.29, 0.717) is 6.61 Å². The molecule has 6 heteroatoms. The van der Waals surface area contributed by atoms with Crippen LogP contribution in [0, 0.1) is 0 Å². The summed E-state index contributed by atoms with van der Waals surface area (Å²) in [5.41, 5.74) is 1.04. The largest absolute Gasteiger partial charge is 0.382 e. The first-order chi connectivity index (χ1) is 8.51. The minimum Gasteiger partial charge on any atom is -0.382 e. The molecular formula is C12H19O5P. The number of hydrogen-bond donors (Lipinski definition) is 1. The summed E-state index contributed by atoms with van der Waals surface area (Å²) < 4.78 is 26.5. The molecule has 0 aliphatic carbocycles. The van der Waals surface area contributed by atoms with Crippen LogP contribution in [-0.2, 0) is 25.2 Å². The van der Waals surface area contributed by atoms with Crippen LogP contribution in [0.1, 0.15) is 5.56 Å². The lowest BCUT2D eigenvalue weighted by Gasteiger charge is -2.18. The van der Waals surface area contributed by atoms with Crippen LogP contribution >= 0.6 is 7.60 Å². The third kappa shape index (κ3) is 6.89. The minimum atomic E-state index is -3.52. The van der Waals surface area contributed by atoms with Gasteiger partial charge in [-0.1, -0.05) is 30.3 Å². The fraction of sp³-hybridized carbons (Fsp3) is 0.500. The average molecular weight is 274 g/mol. The summed E-state index contributed by atoms with van der Waals surface area (Å²) in [7, 11) is -2.02. The number of ether oxygens (including phenoxy) is 2. The van der Waals surface area contributed by atoms with E-state index in [1.165, 1.54) is 7.11 Å². The second-order valence-corrected chi connectivity index (χ2v) is 5.80. The molecule has 1 aromatic carbocycles. The van der Waals surface area contributed by atoms with Gasteiger partial charge in [-0.15, -0.1) is 0 Å². The van der Waals surface area contributed by atoms with Gasteiger partial charge in [0.2, 0.25) is 0 Å². The maximum absolute atomic E-state index is 11.2. The van der Waals surface area contributed by atoms with E-state index in [0.717, 1.165) is 12.2 Å². The van der Waals surface area contributed by atoms with E-state index in [2.05, 4.69) is 0 Å². The zero-order valence-corrected chi connectivity index (χ0v) is 11.5. The van der Waals surface area contributed by atoms with Crippen molar-refractivity contribution in [3.8, 4) is 0 Å². The van der Waals surface area contributed by atoms with Gasteiger partial charge < -0.3 is 18.9 Å². The van der Waals surface area contributed by atoms with Gasteiger partial charge in [-0.05, 0) is 5.56 Å². The molecule has 5 nitrogen and oxygen atoms in total. The second-order valence-electron chi connectivity index (χ2n) is 3.99. The lowest BCUT2D eigenvalue weighted by atomic mass is 10.2. The third-order valence-corrected chi connectivity index (χ3v) is 2.80. The van der Waals surface area contributed by atoms with Gasteiger partial charge in [0.25, 0.3) is 0 Å². The number of methoxy groups -OCH3 is 1. The Kier molecular flexibility index (Phi) is 6.54. The fourth-order valence-electron chi connectivity index (χ4n) is 1.45. The zero-order valence-electron chi connectivity index (χ0n) is 10.6. The van der Waals surface area contributed by atoms with Gasteiger partial charge in [0.15, 0.2) is 0 Å². The Morgan fingerprint density at radius 1 is 1.28 bits per heavy atom. The maximum Gasteiger partial charge on any atom is 0.325 e. The van der Waals surface area contributed by atoms with Gasteiger partial charge in [-0.25, -0.2) is 0 Å². The molecule has 0 aliphatic rings. The molecule has 0 heterocycles. The smallest absolute Gasteiger partial charge is 0.325 e. The van der Waals surface area contributed by atoms with Crippen LogP contribution < -0.4 is 0 Å². The van der Waals surface area contributed by atoms with Gasteiger partial charge in [0.1, 0.15) is 6.10 Å². The normalized spacial score (nSPS) is 16.2. The minimum absolute atomic E-state index is 0.209. The molecule has 102 valence electrons. The van der Waals surface area contributed by atoms with Crippen molar-refractivity contribution in [1.29, 1.82) is 0 Å². The van der Waals surface area contributed by atoms with E-state index < -0.39 is 13.7 Å². The zero-order chi connectivity index (χ0) is 13.4. The first kappa shape index (κ1) is 15.3. The quantitative estimate of drug-likeness (QED) is 0.735. The molecule has 0 spiro atoms. The number of benzene rings is 1. The summed E-state index contributed by atoms with van der Waals surface area (Å²) in [6.45, 7) is 2.00. The summed E-state index contributed by atoms with van der Waals surface area (Å²) in [4.78, 5) is 9.15. The molecule has 1 unspecified atom stereocenters. The molecule has 0 saturated heterocycles. The molecule has 1 N–H and O–H groups in total. The predicted molar refractivity (Wildman–Crippen MR) is 68.6 cm³/mol. The molecule has 18 heavy (non-hydrogen) atoms. The Morgan fingerprint density at radius 2 is 1.94 bits per heavy atom. The Morgan fingerprint density at radius 3 is 2.50 bits per heavy atom. The van der Waals surface area contributed by atoms with Gasteiger partial charge in [0, 0.05) is 13.8 Å². The van der Waals surface area contributed by atoms with Crippen LogP contribution in [0.5, 0.6) is 0 Å². The fourth-order valence-corrected chi connectivity index (χ4v) is 2.13. The molecule has 0 aliphatic heterocycles. The molecule has 0 saturated carbocycles. The van der Waals surface area contributed by atoms with Crippen LogP contribution in [0.4, 0.5) is 0 Å². The predicted octanol–water partition coefficient (Wildman–Crippen LogP) is 2.05. The van der Waals surface area contributed by atoms with Crippen LogP contribution in [-0.4, -0.2) is 38.0 Å². The van der Waals surface area contributed by atoms with Crippen molar-refractivity contribution in [1.82, 2.24) is 0 Å². The lowest BCUT2D eigenvalue weighted by Crippen LogP contribution is -2.24.